The molecule has 0 saturated heterocycles. The second kappa shape index (κ2) is 3.68. The summed E-state index contributed by atoms with van der Waals surface area (Å²) in [5, 5.41) is 0.464. The third-order valence-corrected chi connectivity index (χ3v) is 3.73. The molecule has 0 aromatic heterocycles. The van der Waals surface area contributed by atoms with Crippen LogP contribution in [0.2, 0.25) is 0 Å². The first-order valence-electron chi connectivity index (χ1n) is 2.38. The summed E-state index contributed by atoms with van der Waals surface area (Å²) in [7, 11) is 1.48. The average molecular weight is 260 g/mol. The molecule has 1 atom stereocenters. The van der Waals surface area contributed by atoms with Crippen molar-refractivity contribution in [1.29, 1.82) is 0 Å². The van der Waals surface area contributed by atoms with E-state index in [4.69, 9.17) is 4.74 Å². The third kappa shape index (κ3) is 2.35. The molecule has 54 valence electrons. The lowest BCUT2D eigenvalue weighted by Crippen LogP contribution is -2.33. The number of alkyl halides is 2. The summed E-state index contributed by atoms with van der Waals surface area (Å²) in [6.07, 6.45) is 0. The molecule has 0 aromatic rings. The molecule has 0 amide bonds. The van der Waals surface area contributed by atoms with E-state index in [1.165, 1.54) is 14.0 Å². The van der Waals surface area contributed by atoms with Crippen LogP contribution in [0.4, 0.5) is 0 Å². The Labute approximate surface area is 71.2 Å². The van der Waals surface area contributed by atoms with Crippen molar-refractivity contribution in [3.8, 4) is 0 Å². The zero-order valence-corrected chi connectivity index (χ0v) is 8.45. The maximum atomic E-state index is 10.7. The molecule has 0 bridgehead atoms. The van der Waals surface area contributed by atoms with E-state index >= 15 is 0 Å². The van der Waals surface area contributed by atoms with Crippen molar-refractivity contribution >= 4 is 37.6 Å². The van der Waals surface area contributed by atoms with Crippen LogP contribution in [0, 0.1) is 0 Å². The number of hydrogen-bond donors (Lipinski definition) is 0. The van der Waals surface area contributed by atoms with E-state index in [0.29, 0.717) is 5.33 Å². The Balaban J connectivity index is 4.09. The number of hydrogen-bond acceptors (Lipinski definition) is 2. The Hall–Kier alpha value is 0.590. The van der Waals surface area contributed by atoms with E-state index < -0.39 is 4.51 Å². The molecule has 0 fully saturated rings. The highest BCUT2D eigenvalue weighted by Crippen LogP contribution is 2.22. The molecule has 2 nitrogen and oxygen atoms in total. The lowest BCUT2D eigenvalue weighted by atomic mass is 10.3. The molecular formula is C5H8Br2O2. The largest absolute Gasteiger partial charge is 0.359 e. The van der Waals surface area contributed by atoms with Gasteiger partial charge in [0, 0.05) is 12.4 Å². The minimum atomic E-state index is -0.826. The van der Waals surface area contributed by atoms with Crippen LogP contribution in [0.25, 0.3) is 0 Å². The quantitative estimate of drug-likeness (QED) is 0.722. The summed E-state index contributed by atoms with van der Waals surface area (Å²) in [5.41, 5.74) is 0. The molecule has 0 radical (unpaired) electrons. The molecule has 9 heavy (non-hydrogen) atoms. The Bertz CT molecular complexity index is 110. The van der Waals surface area contributed by atoms with Crippen LogP contribution in [0.1, 0.15) is 6.92 Å². The van der Waals surface area contributed by atoms with E-state index in [1.807, 2.05) is 0 Å². The summed E-state index contributed by atoms with van der Waals surface area (Å²) in [4.78, 5) is 10.7. The van der Waals surface area contributed by atoms with Gasteiger partial charge in [-0.3, -0.25) is 4.79 Å². The van der Waals surface area contributed by atoms with Crippen LogP contribution in [-0.2, 0) is 9.53 Å². The molecule has 0 aromatic carbocycles. The van der Waals surface area contributed by atoms with Crippen molar-refractivity contribution < 1.29 is 9.53 Å². The first kappa shape index (κ1) is 9.59. The Kier molecular flexibility index (Phi) is 3.93. The zero-order chi connectivity index (χ0) is 7.49. The zero-order valence-electron chi connectivity index (χ0n) is 5.28. The van der Waals surface area contributed by atoms with Gasteiger partial charge in [0.1, 0.15) is 0 Å². The van der Waals surface area contributed by atoms with Gasteiger partial charge < -0.3 is 4.74 Å². The van der Waals surface area contributed by atoms with Gasteiger partial charge in [-0.2, -0.15) is 0 Å². The molecular weight excluding hydrogens is 252 g/mol. The van der Waals surface area contributed by atoms with E-state index in [0.717, 1.165) is 0 Å². The van der Waals surface area contributed by atoms with Gasteiger partial charge in [0.25, 0.3) is 0 Å². The number of carbonyl (C=O) groups excluding carboxylic acids is 1. The summed E-state index contributed by atoms with van der Waals surface area (Å²) in [6, 6.07) is 0. The van der Waals surface area contributed by atoms with E-state index in [1.54, 1.807) is 0 Å². The van der Waals surface area contributed by atoms with Crippen LogP contribution in [0.15, 0.2) is 0 Å². The van der Waals surface area contributed by atoms with Crippen LogP contribution in [-0.4, -0.2) is 22.7 Å². The number of methoxy groups -OCH3 is 1. The van der Waals surface area contributed by atoms with Crippen LogP contribution < -0.4 is 0 Å². The normalized spacial score (nSPS) is 16.9. The molecule has 0 heterocycles. The maximum absolute atomic E-state index is 10.7. The lowest BCUT2D eigenvalue weighted by Gasteiger charge is -2.18. The minimum Gasteiger partial charge on any atom is -0.359 e. The monoisotopic (exact) mass is 258 g/mol. The predicted octanol–water partition coefficient (Wildman–Crippen LogP) is 1.71. The van der Waals surface area contributed by atoms with Gasteiger partial charge >= 0.3 is 0 Å². The highest BCUT2D eigenvalue weighted by atomic mass is 79.9. The van der Waals surface area contributed by atoms with Crippen molar-refractivity contribution in [2.75, 3.05) is 12.4 Å². The number of ether oxygens (including phenoxy) is 1. The second-order valence-corrected chi connectivity index (χ2v) is 3.46. The Morgan fingerprint density at radius 3 is 2.22 bits per heavy atom. The Morgan fingerprint density at radius 2 is 2.22 bits per heavy atom. The third-order valence-electron chi connectivity index (χ3n) is 1.02. The fraction of sp³-hybridized carbons (Fsp3) is 0.800. The van der Waals surface area contributed by atoms with Gasteiger partial charge in [-0.15, -0.1) is 0 Å². The van der Waals surface area contributed by atoms with Gasteiger partial charge in [-0.1, -0.05) is 15.9 Å². The number of halogens is 2. The summed E-state index contributed by atoms with van der Waals surface area (Å²) >= 11 is 6.27. The molecule has 0 N–H and O–H groups in total. The van der Waals surface area contributed by atoms with Gasteiger partial charge in [-0.25, -0.2) is 0 Å². The molecule has 0 saturated carbocycles. The van der Waals surface area contributed by atoms with Crippen LogP contribution in [0.5, 0.6) is 0 Å². The first-order valence-corrected chi connectivity index (χ1v) is 4.29. The minimum absolute atomic E-state index is 0.0399. The smallest absolute Gasteiger partial charge is 0.189 e. The van der Waals surface area contributed by atoms with Crippen molar-refractivity contribution in [1.82, 2.24) is 0 Å². The van der Waals surface area contributed by atoms with Crippen molar-refractivity contribution in [3.63, 3.8) is 0 Å². The molecule has 1 unspecified atom stereocenters. The highest BCUT2D eigenvalue weighted by Gasteiger charge is 2.29. The highest BCUT2D eigenvalue weighted by molar-refractivity contribution is 9.12. The van der Waals surface area contributed by atoms with E-state index in [9.17, 15) is 4.79 Å². The summed E-state index contributed by atoms with van der Waals surface area (Å²) in [6.45, 7) is 1.47. The standard InChI is InChI=1S/C5H8Br2O2/c1-4(8)5(7,3-6)9-2/h3H2,1-2H3. The lowest BCUT2D eigenvalue weighted by molar-refractivity contribution is -0.127. The van der Waals surface area contributed by atoms with Gasteiger partial charge in [0.05, 0.1) is 0 Å². The van der Waals surface area contributed by atoms with Gasteiger partial charge in [0.2, 0.25) is 0 Å². The van der Waals surface area contributed by atoms with Gasteiger partial charge in [-0.05, 0) is 22.9 Å². The van der Waals surface area contributed by atoms with Crippen molar-refractivity contribution in [2.45, 2.75) is 11.4 Å². The number of rotatable bonds is 3. The fourth-order valence-electron chi connectivity index (χ4n) is 0.292. The maximum Gasteiger partial charge on any atom is 0.189 e. The first-order chi connectivity index (χ1) is 4.06. The van der Waals surface area contributed by atoms with E-state index in [2.05, 4.69) is 31.9 Å². The van der Waals surface area contributed by atoms with E-state index in [-0.39, 0.29) is 5.78 Å². The SMILES string of the molecule is COC(Br)(CBr)C(C)=O. The molecule has 0 aliphatic rings. The summed E-state index contributed by atoms with van der Waals surface area (Å²) in [5.74, 6) is -0.0399. The van der Waals surface area contributed by atoms with Crippen molar-refractivity contribution in [2.24, 2.45) is 0 Å². The number of carbonyl (C=O) groups is 1. The number of Topliss-reactive ketones (excluding diaryl/α,β-unsaturated/α-hetero) is 1. The molecule has 0 rings (SSSR count). The second-order valence-electron chi connectivity index (χ2n) is 1.62. The summed E-state index contributed by atoms with van der Waals surface area (Å²) < 4.78 is 4.04. The molecule has 0 aliphatic carbocycles. The van der Waals surface area contributed by atoms with Crippen LogP contribution >= 0.6 is 31.9 Å². The molecule has 0 aliphatic heterocycles. The van der Waals surface area contributed by atoms with Crippen LogP contribution in [0.3, 0.4) is 0 Å². The molecule has 4 heteroatoms. The fourth-order valence-corrected chi connectivity index (χ4v) is 0.916. The number of ketones is 1. The van der Waals surface area contributed by atoms with Crippen molar-refractivity contribution in [3.05, 3.63) is 0 Å². The Morgan fingerprint density at radius 1 is 1.78 bits per heavy atom. The van der Waals surface area contributed by atoms with Gasteiger partial charge in [0.15, 0.2) is 10.3 Å². The predicted molar refractivity (Wildman–Crippen MR) is 43.1 cm³/mol. The average Bonchev–Trinajstić information content (AvgIpc) is 1.86. The topological polar surface area (TPSA) is 26.3 Å². The molecule has 0 spiro atoms.